The fraction of sp³-hybridized carbons (Fsp3) is 0.588. The first-order valence-electron chi connectivity index (χ1n) is 9.70. The number of amides is 1. The maximum atomic E-state index is 13.6. The highest BCUT2D eigenvalue weighted by molar-refractivity contribution is 9.10. The Hall–Kier alpha value is -2.02. The fourth-order valence-electron chi connectivity index (χ4n) is 6.57. The lowest BCUT2D eigenvalue weighted by Gasteiger charge is -2.51. The van der Waals surface area contributed by atoms with E-state index in [0.29, 0.717) is 18.8 Å². The van der Waals surface area contributed by atoms with Gasteiger partial charge in [0.15, 0.2) is 30.0 Å². The van der Waals surface area contributed by atoms with E-state index in [1.54, 1.807) is 11.0 Å². The van der Waals surface area contributed by atoms with Crippen LogP contribution < -0.4 is 27.8 Å². The molecule has 2 fully saturated rings. The van der Waals surface area contributed by atoms with Crippen molar-refractivity contribution in [2.24, 2.45) is 44.9 Å². The number of aliphatic hydroxyl groups excluding tert-OH is 1. The van der Waals surface area contributed by atoms with Crippen LogP contribution in [0.25, 0.3) is 0 Å². The topological polar surface area (TPSA) is 172 Å². The summed E-state index contributed by atoms with van der Waals surface area (Å²) in [5.74, 6) is -0.530. The highest BCUT2D eigenvalue weighted by Crippen LogP contribution is 2.63. The first-order chi connectivity index (χ1) is 14.3. The Balaban J connectivity index is 1.60. The van der Waals surface area contributed by atoms with Crippen LogP contribution in [0.1, 0.15) is 16.7 Å². The van der Waals surface area contributed by atoms with Gasteiger partial charge in [-0.1, -0.05) is 0 Å². The number of alkyl halides is 1. The molecule has 11 nitrogen and oxygen atoms in total. The molecule has 6 rings (SSSR count). The second kappa shape index (κ2) is 5.61. The molecule has 1 saturated heterocycles. The van der Waals surface area contributed by atoms with Crippen LogP contribution in [0.3, 0.4) is 0 Å². The number of fused-ring (bicyclic) bond motifs is 4. The predicted octanol–water partition coefficient (Wildman–Crippen LogP) is -1.76. The van der Waals surface area contributed by atoms with E-state index in [1.165, 1.54) is 0 Å². The summed E-state index contributed by atoms with van der Waals surface area (Å²) in [5.41, 5.74) is 16.6. The van der Waals surface area contributed by atoms with Crippen LogP contribution >= 0.6 is 27.5 Å². The molecule has 5 aliphatic rings. The number of aromatic nitrogens is 1. The lowest BCUT2D eigenvalue weighted by molar-refractivity contribution is -0.0269. The number of rotatable bonds is 1. The summed E-state index contributed by atoms with van der Waals surface area (Å²) in [4.78, 5) is 24.1. The average Bonchev–Trinajstić information content (AvgIpc) is 3.42. The summed E-state index contributed by atoms with van der Waals surface area (Å²) in [5, 5.41) is 16.9. The normalized spacial score (nSPS) is 45.5. The molecular formula is C17H21BrClN9O2. The van der Waals surface area contributed by atoms with Crippen LogP contribution in [0.15, 0.2) is 26.7 Å². The van der Waals surface area contributed by atoms with Gasteiger partial charge >= 0.3 is 0 Å². The molecule has 4 aliphatic heterocycles. The van der Waals surface area contributed by atoms with E-state index in [9.17, 15) is 9.90 Å². The number of aliphatic hydroxyl groups is 1. The van der Waals surface area contributed by atoms with Gasteiger partial charge in [0, 0.05) is 23.1 Å². The number of guanidine groups is 2. The van der Waals surface area contributed by atoms with Gasteiger partial charge in [0.1, 0.15) is 11.2 Å². The number of nitrogens with two attached hydrogens (primary N) is 3. The first-order valence-corrected chi connectivity index (χ1v) is 10.9. The van der Waals surface area contributed by atoms with E-state index in [0.717, 1.165) is 4.47 Å². The molecule has 1 saturated carbocycles. The maximum absolute atomic E-state index is 13.6. The Morgan fingerprint density at radius 3 is 2.73 bits per heavy atom. The lowest BCUT2D eigenvalue weighted by atomic mass is 9.73. The number of hydrogen-bond acceptors (Lipinski definition) is 9. The SMILES string of the molecule is NC[C@@H]1[C@@H]2CN3C(=O)c4cc(Br)cn4[C@@H]4N=C(N)N[C@]43[C@@H]2[C@]2(NC(N)=N[C@@H]2O)[C@@H]1Cl. The van der Waals surface area contributed by atoms with Gasteiger partial charge in [0.25, 0.3) is 5.91 Å². The number of halogens is 2. The zero-order chi connectivity index (χ0) is 21.2. The summed E-state index contributed by atoms with van der Waals surface area (Å²) in [6.07, 6.45) is 0.0765. The highest BCUT2D eigenvalue weighted by atomic mass is 79.9. The van der Waals surface area contributed by atoms with Crippen LogP contribution in [-0.2, 0) is 0 Å². The molecule has 8 atom stereocenters. The maximum Gasteiger partial charge on any atom is 0.272 e. The molecule has 160 valence electrons. The van der Waals surface area contributed by atoms with Crippen molar-refractivity contribution in [2.75, 3.05) is 13.1 Å². The third kappa shape index (κ3) is 1.84. The van der Waals surface area contributed by atoms with Crippen molar-refractivity contribution < 1.29 is 9.90 Å². The number of carbonyl (C=O) groups is 1. The number of carbonyl (C=O) groups excluding carboxylic acids is 1. The van der Waals surface area contributed by atoms with Gasteiger partial charge in [0.05, 0.1) is 5.38 Å². The molecule has 1 aromatic heterocycles. The monoisotopic (exact) mass is 497 g/mol. The summed E-state index contributed by atoms with van der Waals surface area (Å²) in [6.45, 7) is 0.697. The van der Waals surface area contributed by atoms with Crippen molar-refractivity contribution in [1.82, 2.24) is 20.1 Å². The van der Waals surface area contributed by atoms with Gasteiger partial charge in [-0.05, 0) is 40.4 Å². The van der Waals surface area contributed by atoms with Crippen molar-refractivity contribution >= 4 is 45.4 Å². The molecule has 9 N–H and O–H groups in total. The van der Waals surface area contributed by atoms with Gasteiger partial charge in [-0.15, -0.1) is 11.6 Å². The van der Waals surface area contributed by atoms with Crippen LogP contribution in [0, 0.1) is 17.8 Å². The second-order valence-corrected chi connectivity index (χ2v) is 9.98. The molecule has 0 unspecified atom stereocenters. The minimum Gasteiger partial charge on any atom is -0.370 e. The van der Waals surface area contributed by atoms with E-state index in [2.05, 4.69) is 36.5 Å². The van der Waals surface area contributed by atoms with E-state index in [-0.39, 0.29) is 29.7 Å². The molecular weight excluding hydrogens is 478 g/mol. The quantitative estimate of drug-likeness (QED) is 0.249. The van der Waals surface area contributed by atoms with Crippen molar-refractivity contribution in [3.63, 3.8) is 0 Å². The van der Waals surface area contributed by atoms with Gasteiger partial charge < -0.3 is 42.4 Å². The van der Waals surface area contributed by atoms with Crippen LogP contribution in [0.5, 0.6) is 0 Å². The molecule has 13 heteroatoms. The van der Waals surface area contributed by atoms with E-state index in [1.807, 2.05) is 10.8 Å². The molecule has 0 aromatic carbocycles. The number of aliphatic imine (C=N–C) groups is 2. The van der Waals surface area contributed by atoms with Crippen molar-refractivity contribution in [2.45, 2.75) is 29.0 Å². The largest absolute Gasteiger partial charge is 0.370 e. The fourth-order valence-corrected chi connectivity index (χ4v) is 7.60. The average molecular weight is 499 g/mol. The smallest absolute Gasteiger partial charge is 0.272 e. The summed E-state index contributed by atoms with van der Waals surface area (Å²) in [7, 11) is 0. The van der Waals surface area contributed by atoms with Crippen molar-refractivity contribution in [1.29, 1.82) is 0 Å². The summed E-state index contributed by atoms with van der Waals surface area (Å²) in [6, 6.07) is 1.77. The highest BCUT2D eigenvalue weighted by Gasteiger charge is 2.79. The minimum absolute atomic E-state index is 0.106. The third-order valence-corrected chi connectivity index (χ3v) is 8.59. The van der Waals surface area contributed by atoms with Crippen molar-refractivity contribution in [3.8, 4) is 0 Å². The second-order valence-electron chi connectivity index (χ2n) is 8.59. The lowest BCUT2D eigenvalue weighted by Crippen LogP contribution is -2.74. The molecule has 5 heterocycles. The van der Waals surface area contributed by atoms with Crippen LogP contribution in [0.4, 0.5) is 0 Å². The van der Waals surface area contributed by atoms with E-state index in [4.69, 9.17) is 28.8 Å². The third-order valence-electron chi connectivity index (χ3n) is 7.47. The van der Waals surface area contributed by atoms with E-state index < -0.39 is 34.9 Å². The minimum atomic E-state index is -1.20. The Morgan fingerprint density at radius 2 is 2.07 bits per heavy atom. The molecule has 1 amide bonds. The zero-order valence-corrected chi connectivity index (χ0v) is 18.0. The Morgan fingerprint density at radius 1 is 1.33 bits per heavy atom. The zero-order valence-electron chi connectivity index (χ0n) is 15.7. The molecule has 2 spiro atoms. The van der Waals surface area contributed by atoms with E-state index >= 15 is 0 Å². The van der Waals surface area contributed by atoms with Crippen LogP contribution in [-0.4, -0.2) is 68.3 Å². The molecule has 30 heavy (non-hydrogen) atoms. The van der Waals surface area contributed by atoms with Gasteiger partial charge in [-0.25, -0.2) is 9.98 Å². The summed E-state index contributed by atoms with van der Waals surface area (Å²) >= 11 is 10.4. The Bertz CT molecular complexity index is 1040. The van der Waals surface area contributed by atoms with Gasteiger partial charge in [-0.3, -0.25) is 4.79 Å². The summed E-state index contributed by atoms with van der Waals surface area (Å²) < 4.78 is 2.58. The molecule has 1 aliphatic carbocycles. The molecule has 0 bridgehead atoms. The number of hydrogen-bond donors (Lipinski definition) is 6. The number of nitrogens with one attached hydrogen (secondary N) is 2. The molecule has 1 aromatic rings. The van der Waals surface area contributed by atoms with Gasteiger partial charge in [-0.2, -0.15) is 0 Å². The Labute approximate surface area is 184 Å². The predicted molar refractivity (Wildman–Crippen MR) is 112 cm³/mol. The molecule has 0 radical (unpaired) electrons. The van der Waals surface area contributed by atoms with Crippen molar-refractivity contribution in [3.05, 3.63) is 22.4 Å². The Kier molecular flexibility index (Phi) is 3.50. The van der Waals surface area contributed by atoms with Gasteiger partial charge in [0.2, 0.25) is 0 Å². The standard InChI is InChI=1S/C17H21BrClN9O2/c18-5-1-8-11(29)28-4-7-6(2-20)10(19)16(13(30)24-15(22)25-16)9(7)17(28)12(27(8)3-5)23-14(21)26-17/h1,3,6-7,9-10,12-13,30H,2,4,20H2,(H3,21,23,26)(H3,22,24,25)/t6-,7+,9+,10-,12+,13-,16+,17+/m1/s1. The first kappa shape index (κ1) is 18.7. The number of nitrogens with zero attached hydrogens (tertiary/aromatic N) is 4. The van der Waals surface area contributed by atoms with Crippen LogP contribution in [0.2, 0.25) is 0 Å².